The van der Waals surface area contributed by atoms with Gasteiger partial charge >= 0.3 is 0 Å². The normalized spacial score (nSPS) is 19.5. The van der Waals surface area contributed by atoms with Crippen molar-refractivity contribution in [2.75, 3.05) is 79.3 Å². The van der Waals surface area contributed by atoms with Gasteiger partial charge in [-0.3, -0.25) is 0 Å². The smallest absolute Gasteiger partial charge is 0.161 e. The van der Waals surface area contributed by atoms with Crippen LogP contribution in [0.15, 0.2) is 60.1 Å². The number of para-hydroxylation sites is 2. The van der Waals surface area contributed by atoms with Gasteiger partial charge in [0.2, 0.25) is 0 Å². The van der Waals surface area contributed by atoms with Crippen LogP contribution in [0.3, 0.4) is 0 Å². The second-order valence-corrected chi connectivity index (χ2v) is 7.06. The Labute approximate surface area is 209 Å². The van der Waals surface area contributed by atoms with E-state index in [0.29, 0.717) is 102 Å². The van der Waals surface area contributed by atoms with E-state index in [0.717, 1.165) is 6.42 Å². The van der Waals surface area contributed by atoms with Crippen LogP contribution in [-0.4, -0.2) is 79.3 Å². The minimum atomic E-state index is 0.425. The first-order valence-electron chi connectivity index (χ1n) is 12.4. The van der Waals surface area contributed by atoms with E-state index in [1.165, 1.54) is 0 Å². The van der Waals surface area contributed by atoms with Crippen LogP contribution in [0.5, 0.6) is 11.5 Å². The number of allylic oxidation sites excluding steroid dienone is 4. The van der Waals surface area contributed by atoms with E-state index in [2.05, 4.69) is 0 Å². The predicted octanol–water partition coefficient (Wildman–Crippen LogP) is 4.31. The van der Waals surface area contributed by atoms with Gasteiger partial charge in [0.1, 0.15) is 26.4 Å². The van der Waals surface area contributed by atoms with Crippen LogP contribution in [-0.2, 0) is 28.4 Å². The Morgan fingerprint density at radius 1 is 0.457 bits per heavy atom. The highest BCUT2D eigenvalue weighted by atomic mass is 16.6. The first kappa shape index (κ1) is 28.7. The molecule has 0 amide bonds. The first-order chi connectivity index (χ1) is 17.4. The predicted molar refractivity (Wildman–Crippen MR) is 134 cm³/mol. The van der Waals surface area contributed by atoms with Crippen LogP contribution >= 0.6 is 0 Å². The molecule has 1 heterocycles. The Morgan fingerprint density at radius 3 is 1.20 bits per heavy atom. The van der Waals surface area contributed by atoms with Crippen LogP contribution in [0, 0.1) is 0 Å². The third-order valence-electron chi connectivity index (χ3n) is 4.59. The van der Waals surface area contributed by atoms with E-state index in [4.69, 9.17) is 37.9 Å². The summed E-state index contributed by atoms with van der Waals surface area (Å²) in [4.78, 5) is 0. The zero-order valence-corrected chi connectivity index (χ0v) is 21.1. The third-order valence-corrected chi connectivity index (χ3v) is 4.59. The minimum Gasteiger partial charge on any atom is -0.487 e. The maximum Gasteiger partial charge on any atom is 0.161 e. The molecular formula is C27H40O8. The lowest BCUT2D eigenvalue weighted by atomic mass is 10.3. The summed E-state index contributed by atoms with van der Waals surface area (Å²) in [5.41, 5.74) is 0. The zero-order valence-electron chi connectivity index (χ0n) is 21.1. The van der Waals surface area contributed by atoms with Gasteiger partial charge in [0.05, 0.1) is 52.9 Å². The van der Waals surface area contributed by atoms with Crippen molar-refractivity contribution in [3.8, 4) is 11.5 Å². The molecule has 0 unspecified atom stereocenters. The van der Waals surface area contributed by atoms with Crippen molar-refractivity contribution in [3.05, 3.63) is 60.1 Å². The largest absolute Gasteiger partial charge is 0.487 e. The Kier molecular flexibility index (Phi) is 16.2. The number of benzene rings is 1. The second kappa shape index (κ2) is 19.8. The van der Waals surface area contributed by atoms with Crippen molar-refractivity contribution in [2.45, 2.75) is 20.3 Å². The van der Waals surface area contributed by atoms with E-state index < -0.39 is 0 Å². The monoisotopic (exact) mass is 492 g/mol. The molecule has 0 fully saturated rings. The second-order valence-electron chi connectivity index (χ2n) is 7.06. The van der Waals surface area contributed by atoms with Gasteiger partial charge in [-0.1, -0.05) is 38.1 Å². The molecule has 196 valence electrons. The van der Waals surface area contributed by atoms with Crippen LogP contribution in [0.4, 0.5) is 0 Å². The molecule has 3 rings (SSSR count). The van der Waals surface area contributed by atoms with Crippen molar-refractivity contribution in [3.63, 3.8) is 0 Å². The summed E-state index contributed by atoms with van der Waals surface area (Å²) in [5, 5.41) is 0. The molecule has 0 saturated heterocycles. The van der Waals surface area contributed by atoms with E-state index in [1.807, 2.05) is 62.4 Å². The lowest BCUT2D eigenvalue weighted by molar-refractivity contribution is 0.0127. The van der Waals surface area contributed by atoms with Gasteiger partial charge in [0.25, 0.3) is 0 Å². The summed E-state index contributed by atoms with van der Waals surface area (Å²) in [6, 6.07) is 7.57. The average molecular weight is 493 g/mol. The molecule has 0 aromatic heterocycles. The fraction of sp³-hybridized carbons (Fsp3) is 0.556. The molecular weight excluding hydrogens is 452 g/mol. The van der Waals surface area contributed by atoms with E-state index in [9.17, 15) is 0 Å². The molecule has 0 saturated carbocycles. The molecule has 0 atom stereocenters. The number of ether oxygens (including phenoxy) is 8. The molecule has 0 spiro atoms. The third kappa shape index (κ3) is 12.7. The van der Waals surface area contributed by atoms with E-state index >= 15 is 0 Å². The quantitative estimate of drug-likeness (QED) is 0.531. The molecule has 1 aliphatic heterocycles. The average Bonchev–Trinajstić information content (AvgIpc) is 3.12. The maximum absolute atomic E-state index is 5.86. The van der Waals surface area contributed by atoms with Gasteiger partial charge in [0, 0.05) is 0 Å². The van der Waals surface area contributed by atoms with Crippen molar-refractivity contribution < 1.29 is 37.9 Å². The van der Waals surface area contributed by atoms with Crippen LogP contribution in [0.2, 0.25) is 0 Å². The molecule has 0 N–H and O–H groups in total. The first-order valence-corrected chi connectivity index (χ1v) is 12.4. The van der Waals surface area contributed by atoms with Crippen molar-refractivity contribution in [1.29, 1.82) is 0 Å². The number of hydrogen-bond acceptors (Lipinski definition) is 8. The summed E-state index contributed by atoms with van der Waals surface area (Å²) in [5.74, 6) is 2.75. The number of hydrogen-bond donors (Lipinski definition) is 0. The van der Waals surface area contributed by atoms with Gasteiger partial charge in [0.15, 0.2) is 23.0 Å². The molecule has 35 heavy (non-hydrogen) atoms. The molecule has 1 aromatic carbocycles. The lowest BCUT2D eigenvalue weighted by Gasteiger charge is -2.14. The van der Waals surface area contributed by atoms with Crippen molar-refractivity contribution in [2.24, 2.45) is 0 Å². The van der Waals surface area contributed by atoms with E-state index in [-0.39, 0.29) is 0 Å². The van der Waals surface area contributed by atoms with E-state index in [1.54, 1.807) is 0 Å². The fourth-order valence-corrected chi connectivity index (χ4v) is 3.01. The summed E-state index contributed by atoms with van der Waals surface area (Å²) in [6.45, 7) is 9.48. The Hall–Kier alpha value is -2.52. The molecule has 8 nitrogen and oxygen atoms in total. The number of rotatable bonds is 0. The molecule has 2 aliphatic rings. The highest BCUT2D eigenvalue weighted by Crippen LogP contribution is 2.26. The maximum atomic E-state index is 5.86. The molecule has 1 aliphatic carbocycles. The summed E-state index contributed by atoms with van der Waals surface area (Å²) in [7, 11) is 0. The van der Waals surface area contributed by atoms with Crippen molar-refractivity contribution in [1.82, 2.24) is 0 Å². The van der Waals surface area contributed by atoms with Gasteiger partial charge in [-0.15, -0.1) is 0 Å². The SMILES string of the molecule is C1=CC2=C(C=CC1)OCCOCCOCCOc1ccccc1OCCOCCOCCO2.CC. The standard InChI is InChI=1S/C25H34O8.C2H6/c1-2-6-22-23(7-3-1)31-19-15-27-11-13-29-17-21-33-25-9-5-4-8-24(25)32-20-16-28-12-10-26-14-18-30-22;1-2/h2-9H,1,10-21H2;1-2H3. The summed E-state index contributed by atoms with van der Waals surface area (Å²) >= 11 is 0. The Bertz CT molecular complexity index is 698. The van der Waals surface area contributed by atoms with Crippen LogP contribution in [0.25, 0.3) is 0 Å². The Morgan fingerprint density at radius 2 is 0.800 bits per heavy atom. The van der Waals surface area contributed by atoms with Crippen molar-refractivity contribution >= 4 is 0 Å². The fourth-order valence-electron chi connectivity index (χ4n) is 3.01. The molecule has 8 heteroatoms. The minimum absolute atomic E-state index is 0.425. The van der Waals surface area contributed by atoms with Gasteiger partial charge in [-0.05, 0) is 30.7 Å². The van der Waals surface area contributed by atoms with Crippen LogP contribution < -0.4 is 9.47 Å². The van der Waals surface area contributed by atoms with Gasteiger partial charge < -0.3 is 37.9 Å². The zero-order chi connectivity index (χ0) is 24.8. The van der Waals surface area contributed by atoms with Gasteiger partial charge in [-0.25, -0.2) is 0 Å². The highest BCUT2D eigenvalue weighted by molar-refractivity contribution is 5.39. The topological polar surface area (TPSA) is 73.8 Å². The number of fused-ring (bicyclic) bond motifs is 1. The Balaban J connectivity index is 0.00000210. The van der Waals surface area contributed by atoms with Crippen LogP contribution in [0.1, 0.15) is 20.3 Å². The summed E-state index contributed by atoms with van der Waals surface area (Å²) in [6.07, 6.45) is 8.75. The molecule has 1 aromatic rings. The highest BCUT2D eigenvalue weighted by Gasteiger charge is 2.08. The lowest BCUT2D eigenvalue weighted by Crippen LogP contribution is -2.14. The van der Waals surface area contributed by atoms with Gasteiger partial charge in [-0.2, -0.15) is 0 Å². The summed E-state index contributed by atoms with van der Waals surface area (Å²) < 4.78 is 45.6. The molecule has 0 radical (unpaired) electrons. The molecule has 0 bridgehead atoms.